The van der Waals surface area contributed by atoms with Crippen molar-refractivity contribution < 1.29 is 22.4 Å². The zero-order valence-corrected chi connectivity index (χ0v) is 22.7. The first-order valence-electron chi connectivity index (χ1n) is 12.4. The van der Waals surface area contributed by atoms with Crippen LogP contribution in [-0.4, -0.2) is 23.1 Å². The smallest absolute Gasteiger partial charge is 0.335 e. The number of carbonyl (C=O) groups is 1. The van der Waals surface area contributed by atoms with Gasteiger partial charge in [0.2, 0.25) is 0 Å². The maximum Gasteiger partial charge on any atom is 0.416 e. The molecule has 4 rings (SSSR count). The van der Waals surface area contributed by atoms with Crippen molar-refractivity contribution in [2.45, 2.75) is 60.3 Å². The van der Waals surface area contributed by atoms with E-state index in [0.717, 1.165) is 36.1 Å². The normalized spacial score (nSPS) is 19.4. The highest BCUT2D eigenvalue weighted by atomic mass is 127. The van der Waals surface area contributed by atoms with Crippen LogP contribution in [0.1, 0.15) is 53.6 Å². The molecule has 1 aromatic heterocycles. The lowest BCUT2D eigenvalue weighted by Gasteiger charge is -2.37. The molecule has 2 amide bonds. The van der Waals surface area contributed by atoms with Crippen molar-refractivity contribution in [3.05, 3.63) is 101 Å². The van der Waals surface area contributed by atoms with E-state index < -0.39 is 29.1 Å². The molecule has 1 aliphatic rings. The van der Waals surface area contributed by atoms with E-state index in [0.29, 0.717) is 29.0 Å². The molecule has 0 unspecified atom stereocenters. The molecule has 5 nitrogen and oxygen atoms in total. The molecule has 0 radical (unpaired) electrons. The molecule has 3 aromatic rings. The monoisotopic (exact) mass is 640 g/mol. The Bertz CT molecular complexity index is 1230. The number of halogens is 5. The van der Waals surface area contributed by atoms with Crippen molar-refractivity contribution in [3.8, 4) is 0 Å². The van der Waals surface area contributed by atoms with Crippen LogP contribution in [0, 0.1) is 5.82 Å². The van der Waals surface area contributed by atoms with E-state index in [-0.39, 0.29) is 24.1 Å². The summed E-state index contributed by atoms with van der Waals surface area (Å²) in [5, 5.41) is 5.89. The quantitative estimate of drug-likeness (QED) is 0.163. The number of nitrogens with one attached hydrogen (secondary N) is 2. The minimum Gasteiger partial charge on any atom is -0.335 e. The summed E-state index contributed by atoms with van der Waals surface area (Å²) in [6.45, 7) is 0. The second-order valence-electron chi connectivity index (χ2n) is 9.69. The largest absolute Gasteiger partial charge is 0.416 e. The summed E-state index contributed by atoms with van der Waals surface area (Å²) in [4.78, 5) is 18.0. The van der Waals surface area contributed by atoms with Crippen LogP contribution >= 0.6 is 22.6 Å². The number of nitrogens with two attached hydrogens (primary N) is 1. The Kier molecular flexibility index (Phi) is 8.92. The van der Waals surface area contributed by atoms with Gasteiger partial charge in [-0.15, -0.1) is 0 Å². The van der Waals surface area contributed by atoms with Gasteiger partial charge in [0.15, 0.2) is 0 Å². The number of hydrogen-bond acceptors (Lipinski definition) is 3. The van der Waals surface area contributed by atoms with Gasteiger partial charge in [-0.25, -0.2) is 9.18 Å². The fraction of sp³-hybridized carbons (Fsp3) is 0.357. The minimum absolute atomic E-state index is 0.0497. The molecule has 4 N–H and O–H groups in total. The van der Waals surface area contributed by atoms with E-state index in [1.807, 2.05) is 6.07 Å². The highest BCUT2D eigenvalue weighted by Crippen LogP contribution is 2.38. The fourth-order valence-corrected chi connectivity index (χ4v) is 5.31. The predicted octanol–water partition coefficient (Wildman–Crippen LogP) is 6.23. The van der Waals surface area contributed by atoms with E-state index in [1.165, 1.54) is 0 Å². The van der Waals surface area contributed by atoms with Crippen molar-refractivity contribution >= 4 is 28.6 Å². The van der Waals surface area contributed by atoms with Gasteiger partial charge >= 0.3 is 12.2 Å². The number of pyridine rings is 1. The summed E-state index contributed by atoms with van der Waals surface area (Å²) in [7, 11) is 0. The first kappa shape index (κ1) is 28.3. The number of aromatic nitrogens is 1. The molecule has 1 fully saturated rings. The molecule has 202 valence electrons. The molecule has 1 saturated carbocycles. The van der Waals surface area contributed by atoms with Gasteiger partial charge in [0.25, 0.3) is 0 Å². The molecule has 1 atom stereocenters. The lowest BCUT2D eigenvalue weighted by Crippen LogP contribution is -2.55. The Morgan fingerprint density at radius 2 is 1.66 bits per heavy atom. The Hall–Kier alpha value is -2.73. The van der Waals surface area contributed by atoms with E-state index >= 15 is 0 Å². The van der Waals surface area contributed by atoms with Crippen LogP contribution in [0.4, 0.5) is 22.4 Å². The van der Waals surface area contributed by atoms with Gasteiger partial charge in [-0.05, 0) is 66.6 Å². The van der Waals surface area contributed by atoms with Crippen LogP contribution in [-0.2, 0) is 22.6 Å². The second kappa shape index (κ2) is 12.0. The fourth-order valence-electron chi connectivity index (χ4n) is 4.86. The average molecular weight is 640 g/mol. The van der Waals surface area contributed by atoms with Crippen LogP contribution < -0.4 is 16.4 Å². The molecule has 1 aliphatic carbocycles. The summed E-state index contributed by atoms with van der Waals surface area (Å²) >= 11 is 2.18. The predicted molar refractivity (Wildman–Crippen MR) is 146 cm³/mol. The maximum atomic E-state index is 14.7. The first-order valence-corrected chi connectivity index (χ1v) is 13.9. The molecule has 0 aliphatic heterocycles. The molecular weight excluding hydrogens is 611 g/mol. The molecule has 38 heavy (non-hydrogen) atoms. The number of nitrogens with zero attached hydrogens (tertiary/aromatic N) is 1. The molecule has 10 heteroatoms. The zero-order valence-electron chi connectivity index (χ0n) is 20.6. The van der Waals surface area contributed by atoms with E-state index in [9.17, 15) is 22.4 Å². The molecule has 1 heterocycles. The van der Waals surface area contributed by atoms with Crippen LogP contribution in [0.2, 0.25) is 0 Å². The van der Waals surface area contributed by atoms with Crippen LogP contribution in [0.5, 0.6) is 0 Å². The number of alkyl halides is 4. The van der Waals surface area contributed by atoms with Crippen LogP contribution in [0.3, 0.4) is 0 Å². The highest BCUT2D eigenvalue weighted by Gasteiger charge is 2.41. The summed E-state index contributed by atoms with van der Waals surface area (Å²) < 4.78 is 56.7. The number of benzene rings is 2. The third-order valence-corrected chi connectivity index (χ3v) is 7.76. The van der Waals surface area contributed by atoms with E-state index in [2.05, 4.69) is 38.2 Å². The second-order valence-corrected chi connectivity index (χ2v) is 10.5. The number of amides is 2. The third-order valence-electron chi connectivity index (χ3n) is 6.88. The Morgan fingerprint density at radius 3 is 2.26 bits per heavy atom. The van der Waals surface area contributed by atoms with Gasteiger partial charge in [-0.2, -0.15) is 13.2 Å². The maximum absolute atomic E-state index is 14.7. The number of hydrogen-bond donors (Lipinski definition) is 3. The number of carbonyl (C=O) groups excluding carboxylic acids is 1. The van der Waals surface area contributed by atoms with Gasteiger partial charge in [-0.1, -0.05) is 59.0 Å². The summed E-state index contributed by atoms with van der Waals surface area (Å²) in [6, 6.07) is 14.3. The first-order chi connectivity index (χ1) is 18.1. The van der Waals surface area contributed by atoms with Crippen molar-refractivity contribution in [1.29, 1.82) is 0 Å². The van der Waals surface area contributed by atoms with Crippen molar-refractivity contribution in [2.24, 2.45) is 5.73 Å². The number of urea groups is 1. The van der Waals surface area contributed by atoms with Crippen molar-refractivity contribution in [1.82, 2.24) is 15.6 Å². The number of rotatable bonds is 7. The van der Waals surface area contributed by atoms with E-state index in [1.54, 1.807) is 42.6 Å². The molecular formula is C28H29F4IN4O. The lowest BCUT2D eigenvalue weighted by molar-refractivity contribution is -0.137. The van der Waals surface area contributed by atoms with Crippen LogP contribution in [0.15, 0.2) is 66.9 Å². The minimum atomic E-state index is -4.78. The molecule has 0 saturated heterocycles. The SMILES string of the molecule is NC1CCC(NC(=O)N[C@@](Cc2ccccc2)(c2cc(F)cc(C(F)(F)F)c2)c2ccc(CI)cn2)CC1. The third kappa shape index (κ3) is 6.82. The lowest BCUT2D eigenvalue weighted by atomic mass is 9.79. The standard InChI is InChI=1S/C28H29F4IN4O/c29-22-13-20(12-21(14-22)28(30,31)32)27(15-18-4-2-1-3-5-18,25-11-6-19(16-33)17-35-25)37-26(38)36-24-9-7-23(34)8-10-24/h1-6,11-14,17,23-24H,7-10,15-16,34H2,(H2,36,37,38)/t23?,24?,27-/m0/s1. The summed E-state index contributed by atoms with van der Waals surface area (Å²) in [5.74, 6) is -1.06. The molecule has 0 spiro atoms. The zero-order chi connectivity index (χ0) is 27.3. The topological polar surface area (TPSA) is 80.0 Å². The van der Waals surface area contributed by atoms with Gasteiger partial charge in [-0.3, -0.25) is 4.98 Å². The Labute approximate surface area is 232 Å². The van der Waals surface area contributed by atoms with E-state index in [4.69, 9.17) is 5.73 Å². The Balaban J connectivity index is 1.84. The van der Waals surface area contributed by atoms with Gasteiger partial charge < -0.3 is 16.4 Å². The molecule has 2 aromatic carbocycles. The van der Waals surface area contributed by atoms with Crippen molar-refractivity contribution in [3.63, 3.8) is 0 Å². The van der Waals surface area contributed by atoms with Crippen molar-refractivity contribution in [2.75, 3.05) is 0 Å². The highest BCUT2D eigenvalue weighted by molar-refractivity contribution is 14.1. The Morgan fingerprint density at radius 1 is 0.974 bits per heavy atom. The average Bonchev–Trinajstić information content (AvgIpc) is 2.89. The van der Waals surface area contributed by atoms with Crippen LogP contribution in [0.25, 0.3) is 0 Å². The van der Waals surface area contributed by atoms with Gasteiger partial charge in [0, 0.05) is 29.1 Å². The summed E-state index contributed by atoms with van der Waals surface area (Å²) in [5.41, 5.74) is 5.14. The summed E-state index contributed by atoms with van der Waals surface area (Å²) in [6.07, 6.45) is -0.197. The van der Waals surface area contributed by atoms with Gasteiger partial charge in [0.1, 0.15) is 11.4 Å². The van der Waals surface area contributed by atoms with Gasteiger partial charge in [0.05, 0.1) is 11.3 Å². The molecule has 0 bridgehead atoms.